The van der Waals surface area contributed by atoms with Gasteiger partial charge in [-0.3, -0.25) is 4.79 Å². The van der Waals surface area contributed by atoms with E-state index in [-0.39, 0.29) is 5.82 Å². The van der Waals surface area contributed by atoms with E-state index in [1.165, 1.54) is 23.5 Å². The molecular weight excluding hydrogens is 255 g/mol. The maximum Gasteiger partial charge on any atom is 0.326 e. The number of rotatable bonds is 3. The van der Waals surface area contributed by atoms with Crippen molar-refractivity contribution in [2.75, 3.05) is 0 Å². The van der Waals surface area contributed by atoms with E-state index in [4.69, 9.17) is 10.8 Å². The van der Waals surface area contributed by atoms with E-state index in [1.807, 2.05) is 0 Å². The van der Waals surface area contributed by atoms with Gasteiger partial charge >= 0.3 is 5.97 Å². The zero-order valence-electron chi connectivity index (χ0n) is 9.55. The first-order valence-corrected chi connectivity index (χ1v) is 6.02. The van der Waals surface area contributed by atoms with Crippen molar-refractivity contribution >= 4 is 17.3 Å². The van der Waals surface area contributed by atoms with Crippen LogP contribution >= 0.6 is 11.3 Å². The molecule has 4 nitrogen and oxygen atoms in total. The molecule has 0 fully saturated rings. The molecule has 6 heteroatoms. The fourth-order valence-corrected chi connectivity index (χ4v) is 2.59. The number of aromatic nitrogens is 1. The Morgan fingerprint density at radius 2 is 2.06 bits per heavy atom. The lowest BCUT2D eigenvalue weighted by atomic mass is 10.2. The highest BCUT2D eigenvalue weighted by Crippen LogP contribution is 2.31. The number of benzene rings is 1. The number of aliphatic carboxylic acids is 1. The van der Waals surface area contributed by atoms with Crippen molar-refractivity contribution in [1.82, 2.24) is 4.98 Å². The van der Waals surface area contributed by atoms with Crippen molar-refractivity contribution in [2.24, 2.45) is 5.73 Å². The molecule has 1 atom stereocenters. The molecule has 0 radical (unpaired) electrons. The van der Waals surface area contributed by atoms with Gasteiger partial charge in [0, 0.05) is 5.56 Å². The van der Waals surface area contributed by atoms with Crippen LogP contribution in [0.3, 0.4) is 0 Å². The summed E-state index contributed by atoms with van der Waals surface area (Å²) in [5.74, 6) is -1.41. The molecular formula is C12H11FN2O2S. The Balaban J connectivity index is 2.40. The van der Waals surface area contributed by atoms with Crippen molar-refractivity contribution in [3.05, 3.63) is 40.7 Å². The van der Waals surface area contributed by atoms with Crippen LogP contribution in [0.4, 0.5) is 4.39 Å². The van der Waals surface area contributed by atoms with E-state index in [0.29, 0.717) is 15.6 Å². The Morgan fingerprint density at radius 3 is 2.61 bits per heavy atom. The molecule has 2 aromatic rings. The second-order valence-corrected chi connectivity index (χ2v) is 4.82. The van der Waals surface area contributed by atoms with Crippen LogP contribution in [-0.4, -0.2) is 16.1 Å². The number of carboxylic acids is 1. The van der Waals surface area contributed by atoms with Gasteiger partial charge in [0.25, 0.3) is 0 Å². The van der Waals surface area contributed by atoms with Gasteiger partial charge in [0.1, 0.15) is 16.9 Å². The number of nitrogens with two attached hydrogens (primary N) is 1. The van der Waals surface area contributed by atoms with Gasteiger partial charge < -0.3 is 10.8 Å². The maximum absolute atomic E-state index is 12.8. The summed E-state index contributed by atoms with van der Waals surface area (Å²) in [6.45, 7) is 1.71. The normalized spacial score (nSPS) is 12.4. The summed E-state index contributed by atoms with van der Waals surface area (Å²) in [7, 11) is 0. The summed E-state index contributed by atoms with van der Waals surface area (Å²) >= 11 is 1.22. The lowest BCUT2D eigenvalue weighted by Gasteiger charge is -2.02. The molecule has 3 N–H and O–H groups in total. The molecule has 0 saturated carbocycles. The molecule has 0 aliphatic heterocycles. The predicted octanol–water partition coefficient (Wildman–Crippen LogP) is 2.34. The fraction of sp³-hybridized carbons (Fsp3) is 0.167. The molecule has 1 heterocycles. The van der Waals surface area contributed by atoms with Crippen LogP contribution in [0.25, 0.3) is 10.6 Å². The van der Waals surface area contributed by atoms with E-state index in [0.717, 1.165) is 5.56 Å². The van der Waals surface area contributed by atoms with E-state index in [1.54, 1.807) is 19.1 Å². The zero-order chi connectivity index (χ0) is 13.3. The van der Waals surface area contributed by atoms with Crippen LogP contribution in [0.2, 0.25) is 0 Å². The minimum atomic E-state index is -1.09. The van der Waals surface area contributed by atoms with Gasteiger partial charge in [0.15, 0.2) is 0 Å². The molecule has 2 rings (SSSR count). The summed E-state index contributed by atoms with van der Waals surface area (Å²) in [6, 6.07) is 4.80. The minimum Gasteiger partial charge on any atom is -0.480 e. The molecule has 0 bridgehead atoms. The summed E-state index contributed by atoms with van der Waals surface area (Å²) in [4.78, 5) is 15.6. The third-order valence-electron chi connectivity index (χ3n) is 2.47. The highest BCUT2D eigenvalue weighted by molar-refractivity contribution is 7.15. The number of hydrogen-bond acceptors (Lipinski definition) is 4. The van der Waals surface area contributed by atoms with E-state index in [2.05, 4.69) is 4.98 Å². The summed E-state index contributed by atoms with van der Waals surface area (Å²) in [5.41, 5.74) is 6.90. The van der Waals surface area contributed by atoms with Gasteiger partial charge in [0.05, 0.1) is 10.6 Å². The molecule has 1 aromatic carbocycles. The fourth-order valence-electron chi connectivity index (χ4n) is 1.52. The molecule has 0 aliphatic rings. The van der Waals surface area contributed by atoms with Crippen LogP contribution in [0.1, 0.15) is 16.6 Å². The number of carbonyl (C=O) groups is 1. The molecule has 0 amide bonds. The molecule has 0 aliphatic carbocycles. The number of thiazole rings is 1. The van der Waals surface area contributed by atoms with E-state index >= 15 is 0 Å². The third-order valence-corrected chi connectivity index (χ3v) is 3.76. The number of hydrogen-bond donors (Lipinski definition) is 2. The highest BCUT2D eigenvalue weighted by Gasteiger charge is 2.21. The molecule has 1 unspecified atom stereocenters. The lowest BCUT2D eigenvalue weighted by molar-refractivity contribution is -0.138. The monoisotopic (exact) mass is 266 g/mol. The highest BCUT2D eigenvalue weighted by atomic mass is 32.1. The topological polar surface area (TPSA) is 76.2 Å². The number of aryl methyl sites for hydroxylation is 1. The van der Waals surface area contributed by atoms with E-state index < -0.39 is 12.0 Å². The molecule has 0 saturated heterocycles. The van der Waals surface area contributed by atoms with Crippen molar-refractivity contribution in [2.45, 2.75) is 13.0 Å². The van der Waals surface area contributed by atoms with Gasteiger partial charge in [-0.1, -0.05) is 0 Å². The quantitative estimate of drug-likeness (QED) is 0.894. The maximum atomic E-state index is 12.8. The Hall–Kier alpha value is -1.79. The van der Waals surface area contributed by atoms with E-state index in [9.17, 15) is 9.18 Å². The predicted molar refractivity (Wildman–Crippen MR) is 66.8 cm³/mol. The van der Waals surface area contributed by atoms with Crippen LogP contribution in [-0.2, 0) is 4.79 Å². The number of halogens is 1. The Labute approximate surface area is 107 Å². The van der Waals surface area contributed by atoms with Crippen molar-refractivity contribution in [3.63, 3.8) is 0 Å². The first kappa shape index (κ1) is 12.7. The van der Waals surface area contributed by atoms with Gasteiger partial charge in [-0.15, -0.1) is 11.3 Å². The zero-order valence-corrected chi connectivity index (χ0v) is 10.4. The Morgan fingerprint density at radius 1 is 1.44 bits per heavy atom. The summed E-state index contributed by atoms with van der Waals surface area (Å²) in [6.07, 6.45) is 0. The van der Waals surface area contributed by atoms with Crippen molar-refractivity contribution in [3.8, 4) is 10.6 Å². The smallest absolute Gasteiger partial charge is 0.326 e. The van der Waals surface area contributed by atoms with Crippen molar-refractivity contribution in [1.29, 1.82) is 0 Å². The molecule has 0 spiro atoms. The van der Waals surface area contributed by atoms with Gasteiger partial charge in [0.2, 0.25) is 0 Å². The van der Waals surface area contributed by atoms with Gasteiger partial charge in [-0.25, -0.2) is 9.37 Å². The van der Waals surface area contributed by atoms with Gasteiger partial charge in [-0.05, 0) is 31.2 Å². The number of carboxylic acid groups (broad SMARTS) is 1. The van der Waals surface area contributed by atoms with Crippen molar-refractivity contribution < 1.29 is 14.3 Å². The van der Waals surface area contributed by atoms with Crippen LogP contribution in [0.5, 0.6) is 0 Å². The SMILES string of the molecule is Cc1nc(-c2ccc(F)cc2)sc1C(N)C(=O)O. The van der Waals surface area contributed by atoms with Crippen LogP contribution in [0, 0.1) is 12.7 Å². The first-order valence-electron chi connectivity index (χ1n) is 5.20. The molecule has 18 heavy (non-hydrogen) atoms. The lowest BCUT2D eigenvalue weighted by Crippen LogP contribution is -2.20. The molecule has 1 aromatic heterocycles. The average Bonchev–Trinajstić information content (AvgIpc) is 2.71. The average molecular weight is 266 g/mol. The largest absolute Gasteiger partial charge is 0.480 e. The van der Waals surface area contributed by atoms with Gasteiger partial charge in [-0.2, -0.15) is 0 Å². The standard InChI is InChI=1S/C12H11FN2O2S/c1-6-10(9(14)12(16)17)18-11(15-6)7-2-4-8(13)5-3-7/h2-5,9H,14H2,1H3,(H,16,17). The molecule has 94 valence electrons. The second kappa shape index (κ2) is 4.83. The van der Waals surface area contributed by atoms with Crippen LogP contribution < -0.4 is 5.73 Å². The first-order chi connectivity index (χ1) is 8.49. The van der Waals surface area contributed by atoms with Crippen LogP contribution in [0.15, 0.2) is 24.3 Å². The third kappa shape index (κ3) is 2.39. The summed E-state index contributed by atoms with van der Waals surface area (Å²) < 4.78 is 12.8. The second-order valence-electron chi connectivity index (χ2n) is 3.79. The minimum absolute atomic E-state index is 0.325. The summed E-state index contributed by atoms with van der Waals surface area (Å²) in [5, 5.41) is 9.52. The Kier molecular flexibility index (Phi) is 3.40. The number of nitrogens with zero attached hydrogens (tertiary/aromatic N) is 1. The Bertz CT molecular complexity index is 580.